The van der Waals surface area contributed by atoms with Crippen LogP contribution in [0.1, 0.15) is 18.2 Å². The van der Waals surface area contributed by atoms with Crippen LogP contribution in [0.15, 0.2) is 97.5 Å². The molecule has 0 fully saturated rings. The second kappa shape index (κ2) is 11.9. The van der Waals surface area contributed by atoms with Gasteiger partial charge in [0.1, 0.15) is 12.6 Å². The van der Waals surface area contributed by atoms with E-state index >= 15 is 0 Å². The number of hydrogen-bond donors (Lipinski definition) is 2. The van der Waals surface area contributed by atoms with Crippen molar-refractivity contribution < 1.29 is 19.4 Å². The van der Waals surface area contributed by atoms with Crippen LogP contribution < -0.4 is 4.90 Å². The second-order valence-electron chi connectivity index (χ2n) is 9.67. The van der Waals surface area contributed by atoms with Crippen LogP contribution in [0, 0.1) is 5.92 Å². The van der Waals surface area contributed by atoms with Gasteiger partial charge in [-0.25, -0.2) is 9.78 Å². The summed E-state index contributed by atoms with van der Waals surface area (Å²) < 4.78 is 5.38. The molecule has 0 aliphatic carbocycles. The number of aromatic nitrogens is 2. The molecule has 2 atom stereocenters. The molecule has 5 rings (SSSR count). The predicted octanol–water partition coefficient (Wildman–Crippen LogP) is 5.07. The van der Waals surface area contributed by atoms with Gasteiger partial charge in [-0.1, -0.05) is 79.7 Å². The fourth-order valence-corrected chi connectivity index (χ4v) is 5.04. The number of amides is 1. The molecular weight excluding hydrogens is 490 g/mol. The minimum Gasteiger partial charge on any atom is -0.462 e. The van der Waals surface area contributed by atoms with Crippen molar-refractivity contribution in [2.75, 3.05) is 18.1 Å². The lowest BCUT2D eigenvalue weighted by Crippen LogP contribution is -2.50. The summed E-state index contributed by atoms with van der Waals surface area (Å²) in [6, 6.07) is 26.9. The highest BCUT2D eigenvalue weighted by molar-refractivity contribution is 6.02. The van der Waals surface area contributed by atoms with Gasteiger partial charge in [0.2, 0.25) is 5.91 Å². The summed E-state index contributed by atoms with van der Waals surface area (Å²) >= 11 is 0. The number of aliphatic hydroxyl groups is 1. The van der Waals surface area contributed by atoms with Crippen molar-refractivity contribution in [3.8, 4) is 0 Å². The fraction of sp³-hybridized carbons (Fsp3) is 0.219. The summed E-state index contributed by atoms with van der Waals surface area (Å²) in [6.45, 7) is 1.44. The third kappa shape index (κ3) is 5.84. The largest absolute Gasteiger partial charge is 0.462 e. The summed E-state index contributed by atoms with van der Waals surface area (Å²) in [5.74, 6) is -1.21. The molecule has 5 aromatic rings. The van der Waals surface area contributed by atoms with Gasteiger partial charge in [0.05, 0.1) is 12.9 Å². The van der Waals surface area contributed by atoms with Gasteiger partial charge in [0.15, 0.2) is 0 Å². The van der Waals surface area contributed by atoms with E-state index in [0.29, 0.717) is 17.8 Å². The molecule has 1 heterocycles. The van der Waals surface area contributed by atoms with E-state index in [1.54, 1.807) is 11.1 Å². The lowest BCUT2D eigenvalue weighted by molar-refractivity contribution is -0.147. The summed E-state index contributed by atoms with van der Waals surface area (Å²) in [7, 11) is 0. The molecule has 7 heteroatoms. The standard InChI is InChI=1S/C32H31N3O4/c1-22(17-26-11-6-10-24-8-4-5-12-29(24)26)31(37)35(28-14-13-23-7-2-3-9-25(23)18-28)30(32(38)39-16-15-36)19-27-20-33-21-34-27/h2-14,18,20-22,30,36H,15-17,19H2,1H3,(H,33,34)/t22?,30-/m0/s1. The van der Waals surface area contributed by atoms with Gasteiger partial charge in [-0.3, -0.25) is 9.69 Å². The Labute approximate surface area is 227 Å². The number of imidazole rings is 1. The van der Waals surface area contributed by atoms with E-state index < -0.39 is 17.9 Å². The van der Waals surface area contributed by atoms with Crippen LogP contribution in [-0.2, 0) is 27.2 Å². The SMILES string of the molecule is CC(Cc1cccc2ccccc12)C(=O)N(c1ccc2ccccc2c1)[C@@H](Cc1cnc[nH]1)C(=O)OCCO. The maximum absolute atomic E-state index is 14.3. The number of hydrogen-bond acceptors (Lipinski definition) is 5. The number of anilines is 1. The zero-order chi connectivity index (χ0) is 27.2. The Morgan fingerprint density at radius 2 is 1.67 bits per heavy atom. The summed E-state index contributed by atoms with van der Waals surface area (Å²) in [6.07, 6.45) is 3.86. The first-order valence-electron chi connectivity index (χ1n) is 13.1. The van der Waals surface area contributed by atoms with Crippen molar-refractivity contribution in [3.63, 3.8) is 0 Å². The van der Waals surface area contributed by atoms with E-state index in [0.717, 1.165) is 27.1 Å². The molecule has 2 N–H and O–H groups in total. The molecule has 0 saturated carbocycles. The first-order chi connectivity index (χ1) is 19.0. The number of aliphatic hydroxyl groups excluding tert-OH is 1. The summed E-state index contributed by atoms with van der Waals surface area (Å²) in [4.78, 5) is 36.4. The highest BCUT2D eigenvalue weighted by Crippen LogP contribution is 2.29. The molecule has 0 radical (unpaired) electrons. The zero-order valence-electron chi connectivity index (χ0n) is 21.8. The number of nitrogens with zero attached hydrogens (tertiary/aromatic N) is 2. The Morgan fingerprint density at radius 3 is 2.44 bits per heavy atom. The molecule has 0 bridgehead atoms. The number of ether oxygens (including phenoxy) is 1. The molecule has 1 unspecified atom stereocenters. The first-order valence-corrected chi connectivity index (χ1v) is 13.1. The monoisotopic (exact) mass is 521 g/mol. The number of carbonyl (C=O) groups excluding carboxylic acids is 2. The molecule has 1 amide bonds. The molecule has 0 saturated heterocycles. The van der Waals surface area contributed by atoms with E-state index in [4.69, 9.17) is 4.74 Å². The van der Waals surface area contributed by atoms with Gasteiger partial charge in [0.25, 0.3) is 0 Å². The Balaban J connectivity index is 1.55. The molecule has 4 aromatic carbocycles. The van der Waals surface area contributed by atoms with Crippen LogP contribution in [0.4, 0.5) is 5.69 Å². The molecule has 198 valence electrons. The van der Waals surface area contributed by atoms with Gasteiger partial charge in [-0.05, 0) is 45.7 Å². The molecule has 7 nitrogen and oxygen atoms in total. The second-order valence-corrected chi connectivity index (χ2v) is 9.67. The molecule has 0 aliphatic heterocycles. The van der Waals surface area contributed by atoms with Crippen LogP contribution in [0.5, 0.6) is 0 Å². The quantitative estimate of drug-likeness (QED) is 0.250. The van der Waals surface area contributed by atoms with Crippen molar-refractivity contribution in [1.29, 1.82) is 0 Å². The third-order valence-corrected chi connectivity index (χ3v) is 6.96. The maximum Gasteiger partial charge on any atom is 0.329 e. The smallest absolute Gasteiger partial charge is 0.329 e. The minimum atomic E-state index is -0.958. The Bertz CT molecular complexity index is 1580. The molecule has 1 aromatic heterocycles. The van der Waals surface area contributed by atoms with E-state index in [1.165, 1.54) is 6.33 Å². The number of rotatable bonds is 10. The summed E-state index contributed by atoms with van der Waals surface area (Å²) in [5.41, 5.74) is 2.37. The highest BCUT2D eigenvalue weighted by Gasteiger charge is 2.35. The topological polar surface area (TPSA) is 95.5 Å². The number of benzene rings is 4. The Morgan fingerprint density at radius 1 is 0.923 bits per heavy atom. The normalized spacial score (nSPS) is 12.8. The number of aromatic amines is 1. The van der Waals surface area contributed by atoms with Gasteiger partial charge in [-0.2, -0.15) is 0 Å². The summed E-state index contributed by atoms with van der Waals surface area (Å²) in [5, 5.41) is 13.5. The number of H-pyrrole nitrogens is 1. The van der Waals surface area contributed by atoms with E-state index in [9.17, 15) is 14.7 Å². The number of nitrogens with one attached hydrogen (secondary N) is 1. The van der Waals surface area contributed by atoms with Crippen molar-refractivity contribution in [1.82, 2.24) is 9.97 Å². The lowest BCUT2D eigenvalue weighted by atomic mass is 9.94. The van der Waals surface area contributed by atoms with Crippen molar-refractivity contribution >= 4 is 39.1 Å². The molecule has 39 heavy (non-hydrogen) atoms. The molecular formula is C32H31N3O4. The van der Waals surface area contributed by atoms with Crippen LogP contribution in [0.2, 0.25) is 0 Å². The number of esters is 1. The average molecular weight is 522 g/mol. The van der Waals surface area contributed by atoms with Gasteiger partial charge in [-0.15, -0.1) is 0 Å². The van der Waals surface area contributed by atoms with Gasteiger partial charge >= 0.3 is 5.97 Å². The van der Waals surface area contributed by atoms with Crippen LogP contribution in [-0.4, -0.2) is 46.2 Å². The number of carbonyl (C=O) groups is 2. The maximum atomic E-state index is 14.3. The lowest BCUT2D eigenvalue weighted by Gasteiger charge is -2.32. The molecule has 0 aliphatic rings. The minimum absolute atomic E-state index is 0.149. The Kier molecular flexibility index (Phi) is 7.99. The fourth-order valence-electron chi connectivity index (χ4n) is 5.04. The predicted molar refractivity (Wildman–Crippen MR) is 152 cm³/mol. The van der Waals surface area contributed by atoms with E-state index in [1.807, 2.05) is 73.7 Å². The van der Waals surface area contributed by atoms with Crippen molar-refractivity contribution in [2.45, 2.75) is 25.8 Å². The van der Waals surface area contributed by atoms with Crippen molar-refractivity contribution in [3.05, 3.63) is 109 Å². The average Bonchev–Trinajstić information content (AvgIpc) is 3.49. The van der Waals surface area contributed by atoms with Crippen LogP contribution in [0.25, 0.3) is 21.5 Å². The molecule has 0 spiro atoms. The third-order valence-electron chi connectivity index (χ3n) is 6.96. The highest BCUT2D eigenvalue weighted by atomic mass is 16.5. The van der Waals surface area contributed by atoms with E-state index in [-0.39, 0.29) is 25.5 Å². The number of fused-ring (bicyclic) bond motifs is 2. The van der Waals surface area contributed by atoms with Crippen molar-refractivity contribution in [2.24, 2.45) is 5.92 Å². The zero-order valence-corrected chi connectivity index (χ0v) is 21.8. The Hall–Kier alpha value is -4.49. The van der Waals surface area contributed by atoms with E-state index in [2.05, 4.69) is 28.2 Å². The van der Waals surface area contributed by atoms with Crippen LogP contribution in [0.3, 0.4) is 0 Å². The van der Waals surface area contributed by atoms with Crippen LogP contribution >= 0.6 is 0 Å². The van der Waals surface area contributed by atoms with Gasteiger partial charge in [0, 0.05) is 29.9 Å². The van der Waals surface area contributed by atoms with Gasteiger partial charge < -0.3 is 14.8 Å². The first kappa shape index (κ1) is 26.1.